The van der Waals surface area contributed by atoms with E-state index in [0.717, 1.165) is 17.0 Å². The molecule has 1 amide bonds. The molecule has 0 saturated heterocycles. The predicted octanol–water partition coefficient (Wildman–Crippen LogP) is 3.00. The number of rotatable bonds is 8. The number of carbonyl (C=O) groups excluding carboxylic acids is 1. The first-order valence-electron chi connectivity index (χ1n) is 7.65. The standard InChI is InChI=1S/C18H21FN2O2/c1-2-23-17-9-7-16(8-10-17)21-13-18(22)20-12-11-14-3-5-15(19)6-4-14/h3-10,21H,2,11-13H2,1H3,(H,20,22). The summed E-state index contributed by atoms with van der Waals surface area (Å²) in [6.07, 6.45) is 0.676. The number of anilines is 1. The molecule has 0 radical (unpaired) electrons. The summed E-state index contributed by atoms with van der Waals surface area (Å²) >= 11 is 0. The topological polar surface area (TPSA) is 50.4 Å². The molecule has 0 aromatic heterocycles. The second-order valence-corrected chi connectivity index (χ2v) is 5.04. The summed E-state index contributed by atoms with van der Waals surface area (Å²) in [6.45, 7) is 3.29. The van der Waals surface area contributed by atoms with E-state index in [1.165, 1.54) is 12.1 Å². The van der Waals surface area contributed by atoms with Crippen molar-refractivity contribution in [2.75, 3.05) is 25.0 Å². The maximum absolute atomic E-state index is 12.8. The molecule has 2 aromatic rings. The van der Waals surface area contributed by atoms with Crippen LogP contribution in [0.3, 0.4) is 0 Å². The average Bonchev–Trinajstić information content (AvgIpc) is 2.56. The first kappa shape index (κ1) is 16.8. The molecule has 0 atom stereocenters. The molecule has 0 aliphatic carbocycles. The molecule has 2 rings (SSSR count). The minimum absolute atomic E-state index is 0.0824. The summed E-state index contributed by atoms with van der Waals surface area (Å²) in [5.74, 6) is 0.472. The normalized spacial score (nSPS) is 10.2. The van der Waals surface area contributed by atoms with Gasteiger partial charge < -0.3 is 15.4 Å². The van der Waals surface area contributed by atoms with Gasteiger partial charge in [0, 0.05) is 12.2 Å². The molecule has 0 heterocycles. The van der Waals surface area contributed by atoms with Gasteiger partial charge in [0.1, 0.15) is 11.6 Å². The fraction of sp³-hybridized carbons (Fsp3) is 0.278. The molecular formula is C18H21FN2O2. The number of halogens is 1. The van der Waals surface area contributed by atoms with Gasteiger partial charge in [0.2, 0.25) is 5.91 Å². The number of ether oxygens (including phenoxy) is 1. The maximum atomic E-state index is 12.8. The van der Waals surface area contributed by atoms with E-state index in [0.29, 0.717) is 19.6 Å². The smallest absolute Gasteiger partial charge is 0.239 e. The second kappa shape index (κ2) is 8.78. The van der Waals surface area contributed by atoms with Crippen molar-refractivity contribution in [3.05, 3.63) is 59.9 Å². The summed E-state index contributed by atoms with van der Waals surface area (Å²) in [7, 11) is 0. The molecule has 0 aliphatic rings. The molecule has 23 heavy (non-hydrogen) atoms. The molecular weight excluding hydrogens is 295 g/mol. The summed E-state index contributed by atoms with van der Waals surface area (Å²) < 4.78 is 18.1. The Balaban J connectivity index is 1.67. The quantitative estimate of drug-likeness (QED) is 0.787. The summed E-state index contributed by atoms with van der Waals surface area (Å²) in [6, 6.07) is 13.7. The van der Waals surface area contributed by atoms with Gasteiger partial charge in [0.15, 0.2) is 0 Å². The molecule has 2 aromatic carbocycles. The third kappa shape index (κ3) is 5.98. The minimum Gasteiger partial charge on any atom is -0.494 e. The van der Waals surface area contributed by atoms with E-state index in [9.17, 15) is 9.18 Å². The van der Waals surface area contributed by atoms with Crippen molar-refractivity contribution < 1.29 is 13.9 Å². The van der Waals surface area contributed by atoms with Gasteiger partial charge in [-0.05, 0) is 55.3 Å². The molecule has 0 bridgehead atoms. The highest BCUT2D eigenvalue weighted by atomic mass is 19.1. The van der Waals surface area contributed by atoms with Gasteiger partial charge in [-0.3, -0.25) is 4.79 Å². The Morgan fingerprint density at radius 2 is 1.78 bits per heavy atom. The third-order valence-electron chi connectivity index (χ3n) is 3.27. The van der Waals surface area contributed by atoms with Crippen LogP contribution in [-0.2, 0) is 11.2 Å². The van der Waals surface area contributed by atoms with Crippen LogP contribution in [0.1, 0.15) is 12.5 Å². The van der Waals surface area contributed by atoms with Crippen LogP contribution in [0.25, 0.3) is 0 Å². The second-order valence-electron chi connectivity index (χ2n) is 5.04. The summed E-state index contributed by atoms with van der Waals surface area (Å²) in [5.41, 5.74) is 1.85. The molecule has 0 fully saturated rings. The first-order valence-corrected chi connectivity index (χ1v) is 7.65. The maximum Gasteiger partial charge on any atom is 0.239 e. The van der Waals surface area contributed by atoms with E-state index in [4.69, 9.17) is 4.74 Å². The van der Waals surface area contributed by atoms with Gasteiger partial charge >= 0.3 is 0 Å². The van der Waals surface area contributed by atoms with Crippen LogP contribution in [0, 0.1) is 5.82 Å². The Morgan fingerprint density at radius 3 is 2.43 bits per heavy atom. The van der Waals surface area contributed by atoms with Crippen molar-refractivity contribution in [1.29, 1.82) is 0 Å². The number of benzene rings is 2. The minimum atomic E-state index is -0.252. The molecule has 5 heteroatoms. The highest BCUT2D eigenvalue weighted by Crippen LogP contribution is 2.15. The lowest BCUT2D eigenvalue weighted by Crippen LogP contribution is -2.31. The Kier molecular flexibility index (Phi) is 6.41. The third-order valence-corrected chi connectivity index (χ3v) is 3.27. The Morgan fingerprint density at radius 1 is 1.09 bits per heavy atom. The van der Waals surface area contributed by atoms with Crippen molar-refractivity contribution in [3.63, 3.8) is 0 Å². The average molecular weight is 316 g/mol. The molecule has 0 saturated carbocycles. The van der Waals surface area contributed by atoms with E-state index in [1.807, 2.05) is 31.2 Å². The van der Waals surface area contributed by atoms with Crippen LogP contribution in [-0.4, -0.2) is 25.6 Å². The lowest BCUT2D eigenvalue weighted by atomic mass is 10.1. The molecule has 4 nitrogen and oxygen atoms in total. The summed E-state index contributed by atoms with van der Waals surface area (Å²) in [4.78, 5) is 11.8. The van der Waals surface area contributed by atoms with E-state index >= 15 is 0 Å². The zero-order chi connectivity index (χ0) is 16.5. The van der Waals surface area contributed by atoms with Gasteiger partial charge in [-0.1, -0.05) is 12.1 Å². The number of amides is 1. The van der Waals surface area contributed by atoms with E-state index in [-0.39, 0.29) is 18.3 Å². The van der Waals surface area contributed by atoms with E-state index in [1.54, 1.807) is 12.1 Å². The Hall–Kier alpha value is -2.56. The van der Waals surface area contributed by atoms with Gasteiger partial charge in [0.25, 0.3) is 0 Å². The van der Waals surface area contributed by atoms with Crippen LogP contribution in [0.5, 0.6) is 5.75 Å². The van der Waals surface area contributed by atoms with Crippen LogP contribution < -0.4 is 15.4 Å². The van der Waals surface area contributed by atoms with Crippen LogP contribution in [0.2, 0.25) is 0 Å². The number of hydrogen-bond donors (Lipinski definition) is 2. The van der Waals surface area contributed by atoms with E-state index < -0.39 is 0 Å². The molecule has 0 unspecified atom stereocenters. The van der Waals surface area contributed by atoms with Crippen molar-refractivity contribution >= 4 is 11.6 Å². The van der Waals surface area contributed by atoms with Gasteiger partial charge in [0.05, 0.1) is 13.2 Å². The predicted molar refractivity (Wildman–Crippen MR) is 89.2 cm³/mol. The molecule has 0 aliphatic heterocycles. The highest BCUT2D eigenvalue weighted by molar-refractivity contribution is 5.80. The lowest BCUT2D eigenvalue weighted by molar-refractivity contribution is -0.119. The number of hydrogen-bond acceptors (Lipinski definition) is 3. The lowest BCUT2D eigenvalue weighted by Gasteiger charge is -2.09. The fourth-order valence-electron chi connectivity index (χ4n) is 2.08. The van der Waals surface area contributed by atoms with Crippen LogP contribution in [0.15, 0.2) is 48.5 Å². The van der Waals surface area contributed by atoms with Crippen LogP contribution in [0.4, 0.5) is 10.1 Å². The first-order chi connectivity index (χ1) is 11.2. The van der Waals surface area contributed by atoms with E-state index in [2.05, 4.69) is 10.6 Å². The van der Waals surface area contributed by atoms with Crippen molar-refractivity contribution in [3.8, 4) is 5.75 Å². The zero-order valence-electron chi connectivity index (χ0n) is 13.1. The number of nitrogens with one attached hydrogen (secondary N) is 2. The Labute approximate surface area is 135 Å². The molecule has 122 valence electrons. The van der Waals surface area contributed by atoms with Gasteiger partial charge in [-0.15, -0.1) is 0 Å². The van der Waals surface area contributed by atoms with Crippen molar-refractivity contribution in [2.24, 2.45) is 0 Å². The monoisotopic (exact) mass is 316 g/mol. The van der Waals surface area contributed by atoms with Crippen molar-refractivity contribution in [2.45, 2.75) is 13.3 Å². The number of carbonyl (C=O) groups is 1. The fourth-order valence-corrected chi connectivity index (χ4v) is 2.08. The zero-order valence-corrected chi connectivity index (χ0v) is 13.1. The van der Waals surface area contributed by atoms with Crippen molar-refractivity contribution in [1.82, 2.24) is 5.32 Å². The van der Waals surface area contributed by atoms with Gasteiger partial charge in [-0.2, -0.15) is 0 Å². The Bertz CT molecular complexity index is 612. The van der Waals surface area contributed by atoms with Gasteiger partial charge in [-0.25, -0.2) is 4.39 Å². The SMILES string of the molecule is CCOc1ccc(NCC(=O)NCCc2ccc(F)cc2)cc1. The molecule has 0 spiro atoms. The largest absolute Gasteiger partial charge is 0.494 e. The summed E-state index contributed by atoms with van der Waals surface area (Å²) in [5, 5.41) is 5.88. The van der Waals surface area contributed by atoms with Crippen LogP contribution >= 0.6 is 0 Å². The highest BCUT2D eigenvalue weighted by Gasteiger charge is 2.02. The molecule has 2 N–H and O–H groups in total.